The van der Waals surface area contributed by atoms with Crippen molar-refractivity contribution in [2.24, 2.45) is 0 Å². The Labute approximate surface area is 197 Å². The number of hydrogen-bond donors (Lipinski definition) is 3. The summed E-state index contributed by atoms with van der Waals surface area (Å²) in [5.41, 5.74) is -4.21. The third kappa shape index (κ3) is 6.03. The van der Waals surface area contributed by atoms with E-state index < -0.39 is 67.5 Å². The van der Waals surface area contributed by atoms with E-state index in [1.807, 2.05) is 4.98 Å². The number of esters is 1. The van der Waals surface area contributed by atoms with Gasteiger partial charge in [-0.25, -0.2) is 18.1 Å². The number of ether oxygens (including phenoxy) is 2. The second kappa shape index (κ2) is 10.4. The molecule has 1 fully saturated rings. The van der Waals surface area contributed by atoms with Crippen molar-refractivity contribution in [3.63, 3.8) is 0 Å². The summed E-state index contributed by atoms with van der Waals surface area (Å²) in [5.74, 6) is -1.47. The van der Waals surface area contributed by atoms with Crippen LogP contribution in [0, 0.1) is 5.82 Å². The lowest BCUT2D eigenvalue weighted by atomic mass is 9.98. The number of hydrogen-bond acceptors (Lipinski definition) is 9. The Hall–Kier alpha value is -2.90. The fourth-order valence-corrected chi connectivity index (χ4v) is 4.83. The molecule has 192 valence electrons. The summed E-state index contributed by atoms with van der Waals surface area (Å²) in [6, 6.07) is 4.18. The summed E-state index contributed by atoms with van der Waals surface area (Å²) in [5, 5.41) is 12.8. The summed E-state index contributed by atoms with van der Waals surface area (Å²) in [6.45, 7) is 1.58. The van der Waals surface area contributed by atoms with Gasteiger partial charge in [0.2, 0.25) is 0 Å². The molecular weight excluding hydrogens is 495 g/mol. The molecule has 0 spiro atoms. The van der Waals surface area contributed by atoms with Crippen LogP contribution < -0.4 is 20.9 Å². The highest BCUT2D eigenvalue weighted by Gasteiger charge is 2.55. The highest BCUT2D eigenvalue weighted by atomic mass is 31.2. The molecule has 6 atom stereocenters. The molecule has 0 amide bonds. The molecule has 0 bridgehead atoms. The van der Waals surface area contributed by atoms with Crippen LogP contribution in [0.4, 0.5) is 8.78 Å². The number of nitrogens with one attached hydrogen (secondary N) is 2. The minimum Gasteiger partial charge on any atom is -0.468 e. The molecule has 1 aliphatic rings. The van der Waals surface area contributed by atoms with E-state index in [-0.39, 0.29) is 5.75 Å². The van der Waals surface area contributed by atoms with E-state index in [1.165, 1.54) is 6.92 Å². The third-order valence-electron chi connectivity index (χ3n) is 5.18. The zero-order valence-corrected chi connectivity index (χ0v) is 19.7. The Morgan fingerprint density at radius 2 is 2.00 bits per heavy atom. The Kier molecular flexibility index (Phi) is 7.92. The minimum atomic E-state index is -4.41. The molecule has 2 aromatic rings. The number of alkyl halides is 1. The van der Waals surface area contributed by atoms with Crippen LogP contribution in [0.15, 0.2) is 46.1 Å². The number of aromatic amines is 1. The highest BCUT2D eigenvalue weighted by Crippen LogP contribution is 2.47. The van der Waals surface area contributed by atoms with Crippen molar-refractivity contribution in [1.82, 2.24) is 14.6 Å². The summed E-state index contributed by atoms with van der Waals surface area (Å²) in [6.07, 6.45) is -3.96. The average molecular weight is 519 g/mol. The highest BCUT2D eigenvalue weighted by molar-refractivity contribution is 7.52. The number of nitrogens with zero attached hydrogens (tertiary/aromatic N) is 1. The minimum absolute atomic E-state index is 0.0832. The fraction of sp³-hybridized carbons (Fsp3) is 0.450. The summed E-state index contributed by atoms with van der Waals surface area (Å²) in [7, 11) is -3.30. The lowest BCUT2D eigenvalue weighted by Crippen LogP contribution is -2.43. The van der Waals surface area contributed by atoms with Crippen LogP contribution in [0.1, 0.15) is 20.1 Å². The number of carbonyl (C=O) groups excluding carboxylic acids is 1. The number of benzene rings is 1. The second-order valence-electron chi connectivity index (χ2n) is 7.85. The molecule has 1 aromatic heterocycles. The molecule has 12 nitrogen and oxygen atoms in total. The largest absolute Gasteiger partial charge is 0.468 e. The van der Waals surface area contributed by atoms with Crippen molar-refractivity contribution in [2.75, 3.05) is 13.7 Å². The topological polar surface area (TPSA) is 158 Å². The smallest absolute Gasteiger partial charge is 0.459 e. The van der Waals surface area contributed by atoms with Gasteiger partial charge in [0.05, 0.1) is 13.7 Å². The van der Waals surface area contributed by atoms with E-state index in [0.29, 0.717) is 0 Å². The van der Waals surface area contributed by atoms with Crippen LogP contribution in [0.2, 0.25) is 0 Å². The number of rotatable bonds is 9. The van der Waals surface area contributed by atoms with E-state index in [1.54, 1.807) is 0 Å². The van der Waals surface area contributed by atoms with E-state index in [0.717, 1.165) is 55.1 Å². The number of methoxy groups -OCH3 is 1. The maximum atomic E-state index is 15.4. The first-order valence-corrected chi connectivity index (χ1v) is 11.8. The number of H-pyrrole nitrogens is 1. The molecule has 0 aliphatic carbocycles. The lowest BCUT2D eigenvalue weighted by molar-refractivity contribution is -0.142. The van der Waals surface area contributed by atoms with Crippen LogP contribution in [0.25, 0.3) is 0 Å². The van der Waals surface area contributed by atoms with Gasteiger partial charge in [-0.3, -0.25) is 23.7 Å². The van der Waals surface area contributed by atoms with Gasteiger partial charge in [0.1, 0.15) is 29.8 Å². The van der Waals surface area contributed by atoms with E-state index >= 15 is 4.39 Å². The number of carbonyl (C=O) groups is 1. The number of aliphatic hydroxyl groups is 1. The summed E-state index contributed by atoms with van der Waals surface area (Å²) in [4.78, 5) is 37.2. The molecule has 2 heterocycles. The molecular formula is C20H24F2N3O9P. The number of aromatic nitrogens is 2. The predicted molar refractivity (Wildman–Crippen MR) is 116 cm³/mol. The van der Waals surface area contributed by atoms with Crippen LogP contribution in [-0.4, -0.2) is 58.3 Å². The zero-order chi connectivity index (χ0) is 26.0. The van der Waals surface area contributed by atoms with Gasteiger partial charge in [0, 0.05) is 12.3 Å². The quantitative estimate of drug-likeness (QED) is 0.323. The van der Waals surface area contributed by atoms with Gasteiger partial charge >= 0.3 is 19.4 Å². The molecule has 2 unspecified atom stereocenters. The van der Waals surface area contributed by atoms with Crippen LogP contribution >= 0.6 is 7.75 Å². The number of aliphatic hydroxyl groups excluding tert-OH is 1. The Balaban J connectivity index is 1.81. The molecule has 1 aliphatic heterocycles. The van der Waals surface area contributed by atoms with Gasteiger partial charge in [-0.15, -0.1) is 0 Å². The van der Waals surface area contributed by atoms with Crippen molar-refractivity contribution >= 4 is 13.7 Å². The molecule has 0 saturated carbocycles. The Morgan fingerprint density at radius 3 is 2.60 bits per heavy atom. The van der Waals surface area contributed by atoms with E-state index in [9.17, 15) is 28.4 Å². The monoisotopic (exact) mass is 519 g/mol. The maximum Gasteiger partial charge on any atom is 0.459 e. The van der Waals surface area contributed by atoms with E-state index in [4.69, 9.17) is 13.8 Å². The van der Waals surface area contributed by atoms with Gasteiger partial charge in [0.25, 0.3) is 5.56 Å². The van der Waals surface area contributed by atoms with Gasteiger partial charge in [-0.05, 0) is 38.1 Å². The first kappa shape index (κ1) is 26.7. The third-order valence-corrected chi connectivity index (χ3v) is 6.82. The zero-order valence-electron chi connectivity index (χ0n) is 18.8. The SMILES string of the molecule is COC(=O)[C@H](C)NP(=O)(OC[C@H]1O[C@@H](n2ccc(=O)[nH]c2=O)C(C)(F)[C@@H]1O)Oc1ccc(F)cc1. The first-order chi connectivity index (χ1) is 16.4. The molecule has 3 rings (SSSR count). The van der Waals surface area contributed by atoms with Crippen molar-refractivity contribution in [2.45, 2.75) is 44.0 Å². The fourth-order valence-electron chi connectivity index (χ4n) is 3.32. The van der Waals surface area contributed by atoms with Gasteiger partial charge in [0.15, 0.2) is 11.9 Å². The maximum absolute atomic E-state index is 15.4. The lowest BCUT2D eigenvalue weighted by Gasteiger charge is -2.25. The normalized spacial score (nSPS) is 26.6. The molecule has 1 aromatic carbocycles. The van der Waals surface area contributed by atoms with Crippen LogP contribution in [0.5, 0.6) is 5.75 Å². The summed E-state index contributed by atoms with van der Waals surface area (Å²) < 4.78 is 63.4. The standard InChI is InChI=1S/C20H24F2N3O9P/c1-11(17(28)31-3)24-35(30,34-13-6-4-12(21)5-7-13)32-10-14-16(27)20(2,22)18(33-14)25-9-8-15(26)23-19(25)29/h4-9,11,14,16,18,27H,10H2,1-3H3,(H,24,30)(H,23,26,29)/t11-,14+,16+,18+,20?,35?/m0/s1. The molecule has 3 N–H and O–H groups in total. The first-order valence-electron chi connectivity index (χ1n) is 10.3. The van der Waals surface area contributed by atoms with Crippen molar-refractivity contribution < 1.29 is 41.8 Å². The second-order valence-corrected chi connectivity index (χ2v) is 9.55. The molecule has 1 saturated heterocycles. The van der Waals surface area contributed by atoms with Gasteiger partial charge < -0.3 is 19.1 Å². The summed E-state index contributed by atoms with van der Waals surface area (Å²) >= 11 is 0. The van der Waals surface area contributed by atoms with Crippen LogP contribution in [0.3, 0.4) is 0 Å². The van der Waals surface area contributed by atoms with Crippen molar-refractivity contribution in [1.29, 1.82) is 0 Å². The molecule has 35 heavy (non-hydrogen) atoms. The predicted octanol–water partition coefficient (Wildman–Crippen LogP) is 1.02. The number of halogens is 2. The van der Waals surface area contributed by atoms with Crippen molar-refractivity contribution in [3.05, 3.63) is 63.2 Å². The Bertz CT molecular complexity index is 1220. The molecule has 0 radical (unpaired) electrons. The molecule has 15 heteroatoms. The average Bonchev–Trinajstić information content (AvgIpc) is 3.02. The van der Waals surface area contributed by atoms with Crippen molar-refractivity contribution in [3.8, 4) is 5.75 Å². The van der Waals surface area contributed by atoms with Gasteiger partial charge in [-0.1, -0.05) is 0 Å². The van der Waals surface area contributed by atoms with Gasteiger partial charge in [-0.2, -0.15) is 5.09 Å². The Morgan fingerprint density at radius 1 is 1.34 bits per heavy atom. The van der Waals surface area contributed by atoms with E-state index in [2.05, 4.69) is 9.82 Å². The van der Waals surface area contributed by atoms with Crippen LogP contribution in [-0.2, 0) is 23.4 Å².